The number of nitrogen functional groups attached to an aromatic ring is 1. The third kappa shape index (κ3) is 5.20. The van der Waals surface area contributed by atoms with Crippen LogP contribution in [0.1, 0.15) is 24.9 Å². The van der Waals surface area contributed by atoms with E-state index in [9.17, 15) is 9.59 Å². The Kier molecular flexibility index (Phi) is 6.79. The van der Waals surface area contributed by atoms with Crippen molar-refractivity contribution in [2.75, 3.05) is 16.4 Å². The maximum absolute atomic E-state index is 13.1. The lowest BCUT2D eigenvalue weighted by Crippen LogP contribution is -2.11. The molecule has 188 valence electrons. The summed E-state index contributed by atoms with van der Waals surface area (Å²) in [5.41, 5.74) is 17.2. The quantitative estimate of drug-likeness (QED) is 0.214. The lowest BCUT2D eigenvalue weighted by Gasteiger charge is -2.12. The second-order valence-corrected chi connectivity index (χ2v) is 9.47. The van der Waals surface area contributed by atoms with Gasteiger partial charge in [0.2, 0.25) is 5.95 Å². The van der Waals surface area contributed by atoms with Crippen molar-refractivity contribution in [1.29, 1.82) is 0 Å². The molecule has 9 nitrogen and oxygen atoms in total. The van der Waals surface area contributed by atoms with E-state index in [1.807, 2.05) is 37.3 Å². The highest BCUT2D eigenvalue weighted by Gasteiger charge is 2.20. The number of carbonyl (C=O) groups is 2. The highest BCUT2D eigenvalue weighted by molar-refractivity contribution is 7.16. The third-order valence-electron chi connectivity index (χ3n) is 5.79. The molecule has 0 atom stereocenters. The lowest BCUT2D eigenvalue weighted by molar-refractivity contribution is 0.100. The minimum absolute atomic E-state index is 0.268. The first-order chi connectivity index (χ1) is 18.4. The van der Waals surface area contributed by atoms with Gasteiger partial charge in [0, 0.05) is 52.3 Å². The van der Waals surface area contributed by atoms with E-state index in [1.54, 1.807) is 55.0 Å². The number of hydrogen-bond acceptors (Lipinski definition) is 8. The van der Waals surface area contributed by atoms with Crippen LogP contribution < -0.4 is 22.1 Å². The summed E-state index contributed by atoms with van der Waals surface area (Å²) in [6.45, 7) is 1.94. The summed E-state index contributed by atoms with van der Waals surface area (Å²) in [5.74, 6) is -0.585. The van der Waals surface area contributed by atoms with Crippen molar-refractivity contribution in [1.82, 2.24) is 15.0 Å². The Hall–Kier alpha value is -5.09. The molecule has 3 aromatic heterocycles. The molecule has 0 radical (unpaired) electrons. The molecule has 0 aliphatic rings. The molecule has 0 aliphatic heterocycles. The zero-order chi connectivity index (χ0) is 26.6. The molecule has 0 saturated heterocycles. The number of benzene rings is 2. The molecule has 3 heterocycles. The van der Waals surface area contributed by atoms with E-state index >= 15 is 0 Å². The molecule has 2 aromatic carbocycles. The number of nitrogens with zero attached hydrogens (tertiary/aromatic N) is 3. The number of aromatic nitrogens is 3. The van der Waals surface area contributed by atoms with Crippen molar-refractivity contribution in [3.63, 3.8) is 0 Å². The van der Waals surface area contributed by atoms with Crippen LogP contribution in [0.3, 0.4) is 0 Å². The van der Waals surface area contributed by atoms with Crippen LogP contribution in [0, 0.1) is 6.92 Å². The number of hydrogen-bond donors (Lipinski definition) is 4. The Bertz CT molecular complexity index is 1650. The Labute approximate surface area is 222 Å². The maximum atomic E-state index is 13.1. The standard InChI is InChI=1S/C28H23N7O2S/c1-16-8-9-18(13-23(16)35-28-32-12-10-22(34-28)17-5-4-11-31-15-17)33-27(37)24-14-20(25(38-24)26(30)36)19-6-2-3-7-21(19)29/h2-15H,29H2,1H3,(H2,30,36)(H,33,37)(H,32,34,35). The minimum atomic E-state index is -0.623. The molecule has 0 spiro atoms. The molecule has 0 unspecified atom stereocenters. The highest BCUT2D eigenvalue weighted by Crippen LogP contribution is 2.35. The average molecular weight is 522 g/mol. The van der Waals surface area contributed by atoms with Crippen LogP contribution >= 0.6 is 11.3 Å². The van der Waals surface area contributed by atoms with E-state index in [0.717, 1.165) is 33.8 Å². The average Bonchev–Trinajstić information content (AvgIpc) is 3.38. The molecule has 0 saturated carbocycles. The van der Waals surface area contributed by atoms with Crippen LogP contribution in [0.15, 0.2) is 85.3 Å². The van der Waals surface area contributed by atoms with Crippen LogP contribution in [0.5, 0.6) is 0 Å². The second kappa shape index (κ2) is 10.5. The normalized spacial score (nSPS) is 10.7. The first-order valence-corrected chi connectivity index (χ1v) is 12.4. The molecule has 2 amide bonds. The van der Waals surface area contributed by atoms with E-state index in [0.29, 0.717) is 33.3 Å². The number of primary amides is 1. The SMILES string of the molecule is Cc1ccc(NC(=O)c2cc(-c3ccccc3N)c(C(N)=O)s2)cc1Nc1nccc(-c2cccnc2)n1. The summed E-state index contributed by atoms with van der Waals surface area (Å²) in [5, 5.41) is 6.12. The van der Waals surface area contributed by atoms with Crippen molar-refractivity contribution in [2.45, 2.75) is 6.92 Å². The zero-order valence-electron chi connectivity index (χ0n) is 20.3. The molecule has 5 aromatic rings. The molecule has 0 bridgehead atoms. The van der Waals surface area contributed by atoms with E-state index in [-0.39, 0.29) is 10.8 Å². The van der Waals surface area contributed by atoms with Crippen LogP contribution in [-0.4, -0.2) is 26.8 Å². The van der Waals surface area contributed by atoms with Gasteiger partial charge in [0.05, 0.1) is 10.6 Å². The number of anilines is 4. The van der Waals surface area contributed by atoms with Crippen molar-refractivity contribution >= 4 is 46.2 Å². The first kappa shape index (κ1) is 24.6. The monoisotopic (exact) mass is 521 g/mol. The van der Waals surface area contributed by atoms with E-state index < -0.39 is 5.91 Å². The number of aryl methyl sites for hydroxylation is 1. The van der Waals surface area contributed by atoms with E-state index in [2.05, 4.69) is 25.6 Å². The van der Waals surface area contributed by atoms with Gasteiger partial charge in [-0.25, -0.2) is 9.97 Å². The molecule has 6 N–H and O–H groups in total. The van der Waals surface area contributed by atoms with Gasteiger partial charge in [-0.15, -0.1) is 11.3 Å². The molecular weight excluding hydrogens is 498 g/mol. The van der Waals surface area contributed by atoms with Crippen molar-refractivity contribution in [3.05, 3.63) is 101 Å². The number of pyridine rings is 1. The summed E-state index contributed by atoms with van der Waals surface area (Å²) in [7, 11) is 0. The molecule has 0 fully saturated rings. The number of nitrogens with two attached hydrogens (primary N) is 2. The van der Waals surface area contributed by atoms with Gasteiger partial charge in [-0.3, -0.25) is 14.6 Å². The summed E-state index contributed by atoms with van der Waals surface area (Å²) < 4.78 is 0. The Morgan fingerprint density at radius 2 is 1.79 bits per heavy atom. The van der Waals surface area contributed by atoms with Gasteiger partial charge in [-0.2, -0.15) is 0 Å². The first-order valence-electron chi connectivity index (χ1n) is 11.6. The van der Waals surface area contributed by atoms with Gasteiger partial charge in [-0.05, 0) is 55.0 Å². The fraction of sp³-hybridized carbons (Fsp3) is 0.0357. The number of nitrogens with one attached hydrogen (secondary N) is 2. The summed E-state index contributed by atoms with van der Waals surface area (Å²) in [6, 6.07) is 19.8. The molecule has 5 rings (SSSR count). The topological polar surface area (TPSA) is 149 Å². The Morgan fingerprint density at radius 3 is 2.55 bits per heavy atom. The zero-order valence-corrected chi connectivity index (χ0v) is 21.1. The predicted octanol–water partition coefficient (Wildman–Crippen LogP) is 5.25. The van der Waals surface area contributed by atoms with Crippen LogP contribution in [0.25, 0.3) is 22.4 Å². The Morgan fingerprint density at radius 1 is 0.947 bits per heavy atom. The number of para-hydroxylation sites is 1. The fourth-order valence-electron chi connectivity index (χ4n) is 3.87. The smallest absolute Gasteiger partial charge is 0.265 e. The molecule has 38 heavy (non-hydrogen) atoms. The second-order valence-electron chi connectivity index (χ2n) is 8.42. The van der Waals surface area contributed by atoms with Gasteiger partial charge >= 0.3 is 0 Å². The lowest BCUT2D eigenvalue weighted by atomic mass is 10.0. The fourth-order valence-corrected chi connectivity index (χ4v) is 4.79. The summed E-state index contributed by atoms with van der Waals surface area (Å²) in [6.07, 6.45) is 5.11. The molecular formula is C28H23N7O2S. The number of amides is 2. The molecule has 10 heteroatoms. The van der Waals surface area contributed by atoms with Crippen molar-refractivity contribution < 1.29 is 9.59 Å². The van der Waals surface area contributed by atoms with Crippen molar-refractivity contribution in [3.8, 4) is 22.4 Å². The summed E-state index contributed by atoms with van der Waals surface area (Å²) >= 11 is 1.03. The number of thiophene rings is 1. The van der Waals surface area contributed by atoms with Crippen molar-refractivity contribution in [2.24, 2.45) is 5.73 Å². The van der Waals surface area contributed by atoms with Gasteiger partial charge in [0.1, 0.15) is 4.88 Å². The largest absolute Gasteiger partial charge is 0.398 e. The van der Waals surface area contributed by atoms with Crippen LogP contribution in [0.4, 0.5) is 23.0 Å². The van der Waals surface area contributed by atoms with E-state index in [4.69, 9.17) is 11.5 Å². The Balaban J connectivity index is 1.38. The highest BCUT2D eigenvalue weighted by atomic mass is 32.1. The van der Waals surface area contributed by atoms with Gasteiger partial charge in [0.15, 0.2) is 0 Å². The van der Waals surface area contributed by atoms with Gasteiger partial charge in [0.25, 0.3) is 11.8 Å². The van der Waals surface area contributed by atoms with Crippen LogP contribution in [-0.2, 0) is 0 Å². The number of carbonyl (C=O) groups excluding carboxylic acids is 2. The number of rotatable bonds is 7. The van der Waals surface area contributed by atoms with Crippen LogP contribution in [0.2, 0.25) is 0 Å². The summed E-state index contributed by atoms with van der Waals surface area (Å²) in [4.78, 5) is 38.9. The maximum Gasteiger partial charge on any atom is 0.265 e. The predicted molar refractivity (Wildman–Crippen MR) is 150 cm³/mol. The third-order valence-corrected chi connectivity index (χ3v) is 6.93. The minimum Gasteiger partial charge on any atom is -0.398 e. The molecule has 0 aliphatic carbocycles. The van der Waals surface area contributed by atoms with E-state index in [1.165, 1.54) is 0 Å². The van der Waals surface area contributed by atoms with Gasteiger partial charge in [-0.1, -0.05) is 24.3 Å². The van der Waals surface area contributed by atoms with Gasteiger partial charge < -0.3 is 22.1 Å².